The number of benzene rings is 1. The number of carbonyl (C=O) groups excluding carboxylic acids is 1. The van der Waals surface area contributed by atoms with E-state index in [-0.39, 0.29) is 5.91 Å². The zero-order valence-corrected chi connectivity index (χ0v) is 15.3. The van der Waals surface area contributed by atoms with Gasteiger partial charge >= 0.3 is 0 Å². The predicted molar refractivity (Wildman–Crippen MR) is 105 cm³/mol. The molecule has 0 unspecified atom stereocenters. The van der Waals surface area contributed by atoms with E-state index in [1.54, 1.807) is 12.3 Å². The Morgan fingerprint density at radius 1 is 1.24 bits per heavy atom. The summed E-state index contributed by atoms with van der Waals surface area (Å²) in [4.78, 5) is 12.0. The number of allylic oxidation sites excluding steroid dienone is 2. The maximum absolute atomic E-state index is 12.0. The highest BCUT2D eigenvalue weighted by Gasteiger charge is 2.05. The van der Waals surface area contributed by atoms with Crippen LogP contribution in [-0.4, -0.2) is 30.2 Å². The van der Waals surface area contributed by atoms with Gasteiger partial charge in [0.05, 0.1) is 12.6 Å². The summed E-state index contributed by atoms with van der Waals surface area (Å²) < 4.78 is 0. The highest BCUT2D eigenvalue weighted by atomic mass is 16.1. The molecule has 0 bridgehead atoms. The molecular weight excluding hydrogens is 312 g/mol. The summed E-state index contributed by atoms with van der Waals surface area (Å²) in [5, 5.41) is 12.4. The summed E-state index contributed by atoms with van der Waals surface area (Å²) in [6.45, 7) is 5.87. The Balaban J connectivity index is 0.000000970. The molecular formula is C20H28N4O. The van der Waals surface area contributed by atoms with Crippen molar-refractivity contribution in [3.8, 4) is 11.1 Å². The van der Waals surface area contributed by atoms with Crippen LogP contribution in [-0.2, 0) is 4.79 Å². The third-order valence-electron chi connectivity index (χ3n) is 3.32. The van der Waals surface area contributed by atoms with Crippen molar-refractivity contribution in [3.05, 3.63) is 61.0 Å². The van der Waals surface area contributed by atoms with E-state index in [2.05, 4.69) is 40.4 Å². The minimum atomic E-state index is -0.0293. The second kappa shape index (κ2) is 11.8. The van der Waals surface area contributed by atoms with Crippen LogP contribution in [0.4, 0.5) is 5.69 Å². The van der Waals surface area contributed by atoms with Crippen LogP contribution in [0.15, 0.2) is 61.0 Å². The maximum atomic E-state index is 12.0. The second-order valence-corrected chi connectivity index (χ2v) is 5.56. The van der Waals surface area contributed by atoms with Gasteiger partial charge in [0.25, 0.3) is 0 Å². The molecule has 0 radical (unpaired) electrons. The molecule has 3 N–H and O–H groups in total. The first-order chi connectivity index (χ1) is 12.1. The summed E-state index contributed by atoms with van der Waals surface area (Å²) in [5.74, 6) is -0.0293. The fourth-order valence-corrected chi connectivity index (χ4v) is 2.10. The normalized spacial score (nSPS) is 10.6. The van der Waals surface area contributed by atoms with Gasteiger partial charge in [-0.1, -0.05) is 44.2 Å². The highest BCUT2D eigenvalue weighted by Crippen LogP contribution is 2.20. The van der Waals surface area contributed by atoms with Crippen LogP contribution in [0.25, 0.3) is 11.1 Å². The lowest BCUT2D eigenvalue weighted by Gasteiger charge is -2.07. The van der Waals surface area contributed by atoms with Crippen molar-refractivity contribution in [2.45, 2.75) is 26.2 Å². The quantitative estimate of drug-likeness (QED) is 0.663. The van der Waals surface area contributed by atoms with E-state index in [0.717, 1.165) is 35.2 Å². The molecule has 0 saturated carbocycles. The molecule has 2 aromatic rings. The van der Waals surface area contributed by atoms with Crippen molar-refractivity contribution in [2.24, 2.45) is 0 Å². The molecule has 0 fully saturated rings. The van der Waals surface area contributed by atoms with Crippen molar-refractivity contribution in [3.63, 3.8) is 0 Å². The summed E-state index contributed by atoms with van der Waals surface area (Å²) in [7, 11) is 3.75. The number of aromatic nitrogens is 2. The molecule has 134 valence electrons. The zero-order chi connectivity index (χ0) is 18.5. The molecule has 1 heterocycles. The molecule has 0 spiro atoms. The summed E-state index contributed by atoms with van der Waals surface area (Å²) in [5.41, 5.74) is 3.83. The van der Waals surface area contributed by atoms with Gasteiger partial charge in [0.15, 0.2) is 0 Å². The number of amides is 1. The van der Waals surface area contributed by atoms with Crippen LogP contribution < -0.4 is 10.6 Å². The summed E-state index contributed by atoms with van der Waals surface area (Å²) in [6, 6.07) is 7.71. The van der Waals surface area contributed by atoms with Crippen LogP contribution in [0.1, 0.15) is 26.2 Å². The van der Waals surface area contributed by atoms with E-state index in [0.29, 0.717) is 6.42 Å². The van der Waals surface area contributed by atoms with Gasteiger partial charge in [0.2, 0.25) is 5.91 Å². The third kappa shape index (κ3) is 7.63. The number of H-pyrrole nitrogens is 1. The zero-order valence-electron chi connectivity index (χ0n) is 15.3. The van der Waals surface area contributed by atoms with Gasteiger partial charge in [-0.3, -0.25) is 9.89 Å². The maximum Gasteiger partial charge on any atom is 0.228 e. The van der Waals surface area contributed by atoms with E-state index in [1.807, 2.05) is 44.6 Å². The van der Waals surface area contributed by atoms with Crippen molar-refractivity contribution >= 4 is 11.6 Å². The molecule has 1 amide bonds. The van der Waals surface area contributed by atoms with Gasteiger partial charge in [-0.05, 0) is 43.8 Å². The molecule has 5 heteroatoms. The summed E-state index contributed by atoms with van der Waals surface area (Å²) >= 11 is 0. The van der Waals surface area contributed by atoms with Crippen LogP contribution in [0, 0.1) is 0 Å². The number of hydrogen-bond acceptors (Lipinski definition) is 3. The van der Waals surface area contributed by atoms with Gasteiger partial charge in [-0.2, -0.15) is 5.10 Å². The average Bonchev–Trinajstić information content (AvgIpc) is 3.14. The Labute approximate surface area is 150 Å². The Bertz CT molecular complexity index is 658. The highest BCUT2D eigenvalue weighted by molar-refractivity contribution is 5.92. The van der Waals surface area contributed by atoms with Gasteiger partial charge in [0, 0.05) is 17.4 Å². The molecule has 2 rings (SSSR count). The van der Waals surface area contributed by atoms with Crippen molar-refractivity contribution in [1.29, 1.82) is 0 Å². The number of nitrogens with zero attached hydrogens (tertiary/aromatic N) is 1. The number of anilines is 1. The predicted octanol–water partition coefficient (Wildman–Crippen LogP) is 4.15. The number of rotatable bonds is 7. The van der Waals surface area contributed by atoms with E-state index < -0.39 is 0 Å². The number of unbranched alkanes of at least 4 members (excludes halogenated alkanes) is 1. The molecule has 0 aliphatic heterocycles. The molecule has 1 aromatic carbocycles. The molecule has 0 aliphatic rings. The fraction of sp³-hybridized carbons (Fsp3) is 0.300. The van der Waals surface area contributed by atoms with Gasteiger partial charge in [-0.25, -0.2) is 0 Å². The lowest BCUT2D eigenvalue weighted by atomic mass is 10.1. The number of carbonyl (C=O) groups is 1. The van der Waals surface area contributed by atoms with Crippen molar-refractivity contribution < 1.29 is 4.79 Å². The first-order valence-electron chi connectivity index (χ1n) is 8.43. The van der Waals surface area contributed by atoms with E-state index in [4.69, 9.17) is 0 Å². The van der Waals surface area contributed by atoms with E-state index in [9.17, 15) is 4.79 Å². The third-order valence-corrected chi connectivity index (χ3v) is 3.32. The number of nitrogens with one attached hydrogen (secondary N) is 3. The molecule has 0 atom stereocenters. The van der Waals surface area contributed by atoms with Gasteiger partial charge < -0.3 is 10.6 Å². The Hall–Kier alpha value is -2.66. The SMILES string of the molecule is C=C/C(=C\CCC)CC(=O)Nc1ccc(-c2cn[nH]c2)cc1.CNC. The lowest BCUT2D eigenvalue weighted by molar-refractivity contribution is -0.115. The fourth-order valence-electron chi connectivity index (χ4n) is 2.10. The second-order valence-electron chi connectivity index (χ2n) is 5.56. The first-order valence-corrected chi connectivity index (χ1v) is 8.43. The Morgan fingerprint density at radius 3 is 2.44 bits per heavy atom. The summed E-state index contributed by atoms with van der Waals surface area (Å²) in [6.07, 6.45) is 9.80. The molecule has 1 aromatic heterocycles. The molecule has 5 nitrogen and oxygen atoms in total. The number of aromatic amines is 1. The Morgan fingerprint density at radius 2 is 1.92 bits per heavy atom. The van der Waals surface area contributed by atoms with Crippen molar-refractivity contribution in [1.82, 2.24) is 15.5 Å². The van der Waals surface area contributed by atoms with E-state index in [1.165, 1.54) is 0 Å². The topological polar surface area (TPSA) is 69.8 Å². The van der Waals surface area contributed by atoms with Crippen LogP contribution in [0.2, 0.25) is 0 Å². The van der Waals surface area contributed by atoms with Gasteiger partial charge in [0.1, 0.15) is 0 Å². The van der Waals surface area contributed by atoms with Gasteiger partial charge in [-0.15, -0.1) is 0 Å². The molecule has 25 heavy (non-hydrogen) atoms. The van der Waals surface area contributed by atoms with Crippen LogP contribution >= 0.6 is 0 Å². The van der Waals surface area contributed by atoms with Crippen molar-refractivity contribution in [2.75, 3.05) is 19.4 Å². The Kier molecular flexibility index (Phi) is 9.63. The van der Waals surface area contributed by atoms with Crippen LogP contribution in [0.3, 0.4) is 0 Å². The first kappa shape index (κ1) is 20.4. The van der Waals surface area contributed by atoms with Crippen LogP contribution in [0.5, 0.6) is 0 Å². The largest absolute Gasteiger partial charge is 0.326 e. The molecule has 0 aliphatic carbocycles. The minimum Gasteiger partial charge on any atom is -0.326 e. The molecule has 0 saturated heterocycles. The smallest absolute Gasteiger partial charge is 0.228 e. The standard InChI is InChI=1S/C18H21N3O.C2H7N/c1-3-5-6-14(4-2)11-18(22)21-17-9-7-15(8-10-17)16-12-19-20-13-16;1-3-2/h4,6-10,12-13H,2-3,5,11H2,1H3,(H,19,20)(H,21,22);3H,1-2H3/b14-6+;. The minimum absolute atomic E-state index is 0.0293. The lowest BCUT2D eigenvalue weighted by Crippen LogP contribution is -2.11. The number of hydrogen-bond donors (Lipinski definition) is 3. The van der Waals surface area contributed by atoms with E-state index >= 15 is 0 Å². The average molecular weight is 340 g/mol. The monoisotopic (exact) mass is 340 g/mol.